The number of benzene rings is 1. The van der Waals surface area contributed by atoms with Gasteiger partial charge < -0.3 is 9.80 Å². The van der Waals surface area contributed by atoms with E-state index in [1.54, 1.807) is 23.1 Å². The molecule has 0 spiro atoms. The van der Waals surface area contributed by atoms with Crippen LogP contribution in [0.25, 0.3) is 0 Å². The Hall–Kier alpha value is -1.26. The van der Waals surface area contributed by atoms with Gasteiger partial charge in [0.1, 0.15) is 0 Å². The molecule has 2 heterocycles. The van der Waals surface area contributed by atoms with Crippen molar-refractivity contribution in [1.82, 2.24) is 9.80 Å². The molecule has 3 rings (SSSR count). The Kier molecular flexibility index (Phi) is 5.12. The first-order valence-electron chi connectivity index (χ1n) is 8.09. The van der Waals surface area contributed by atoms with Crippen molar-refractivity contribution in [2.45, 2.75) is 25.7 Å². The Balaban J connectivity index is 1.60. The Labute approximate surface area is 146 Å². The highest BCUT2D eigenvalue weighted by atomic mass is 35.5. The van der Waals surface area contributed by atoms with E-state index < -0.39 is 0 Å². The maximum absolute atomic E-state index is 12.6. The van der Waals surface area contributed by atoms with Crippen molar-refractivity contribution in [2.75, 3.05) is 26.2 Å². The van der Waals surface area contributed by atoms with Crippen LogP contribution in [0.4, 0.5) is 0 Å². The van der Waals surface area contributed by atoms with Crippen molar-refractivity contribution in [3.8, 4) is 0 Å². The van der Waals surface area contributed by atoms with Gasteiger partial charge in [0.2, 0.25) is 5.91 Å². The molecule has 0 aliphatic carbocycles. The van der Waals surface area contributed by atoms with Crippen molar-refractivity contribution in [3.05, 3.63) is 33.8 Å². The van der Waals surface area contributed by atoms with E-state index in [1.807, 2.05) is 4.90 Å². The third-order valence-electron chi connectivity index (χ3n) is 4.71. The molecule has 2 saturated heterocycles. The molecule has 2 aliphatic heterocycles. The summed E-state index contributed by atoms with van der Waals surface area (Å²) in [4.78, 5) is 28.7. The van der Waals surface area contributed by atoms with Crippen LogP contribution in [-0.2, 0) is 4.79 Å². The average Bonchev–Trinajstić information content (AvgIpc) is 3.08. The number of hydrogen-bond donors (Lipinski definition) is 0. The predicted molar refractivity (Wildman–Crippen MR) is 90.9 cm³/mol. The van der Waals surface area contributed by atoms with Crippen molar-refractivity contribution in [2.24, 2.45) is 5.92 Å². The number of hydrogen-bond acceptors (Lipinski definition) is 2. The highest BCUT2D eigenvalue weighted by molar-refractivity contribution is 6.36. The summed E-state index contributed by atoms with van der Waals surface area (Å²) in [6.07, 6.45) is 3.68. The third-order valence-corrected chi connectivity index (χ3v) is 5.26. The van der Waals surface area contributed by atoms with Crippen LogP contribution in [0.2, 0.25) is 10.0 Å². The second-order valence-electron chi connectivity index (χ2n) is 6.22. The Morgan fingerprint density at radius 2 is 1.61 bits per heavy atom. The lowest BCUT2D eigenvalue weighted by molar-refractivity contribution is -0.135. The van der Waals surface area contributed by atoms with E-state index >= 15 is 0 Å². The number of carbonyl (C=O) groups is 2. The zero-order valence-corrected chi connectivity index (χ0v) is 14.4. The third kappa shape index (κ3) is 3.64. The van der Waals surface area contributed by atoms with Crippen LogP contribution in [-0.4, -0.2) is 47.8 Å². The Morgan fingerprint density at radius 3 is 2.22 bits per heavy atom. The summed E-state index contributed by atoms with van der Waals surface area (Å²) in [6, 6.07) is 4.92. The number of amides is 2. The molecule has 1 aromatic carbocycles. The van der Waals surface area contributed by atoms with Gasteiger partial charge in [-0.15, -0.1) is 0 Å². The smallest absolute Gasteiger partial charge is 0.255 e. The number of piperidine rings is 1. The molecule has 23 heavy (non-hydrogen) atoms. The highest BCUT2D eigenvalue weighted by Crippen LogP contribution is 2.26. The summed E-state index contributed by atoms with van der Waals surface area (Å²) in [6.45, 7) is 2.97. The average molecular weight is 355 g/mol. The fourth-order valence-corrected chi connectivity index (χ4v) is 3.85. The van der Waals surface area contributed by atoms with E-state index in [4.69, 9.17) is 23.2 Å². The predicted octanol–water partition coefficient (Wildman–Crippen LogP) is 3.47. The van der Waals surface area contributed by atoms with E-state index in [9.17, 15) is 9.59 Å². The van der Waals surface area contributed by atoms with Crippen molar-refractivity contribution in [1.29, 1.82) is 0 Å². The number of carbonyl (C=O) groups excluding carboxylic acids is 2. The maximum Gasteiger partial charge on any atom is 0.255 e. The number of nitrogens with zero attached hydrogens (tertiary/aromatic N) is 2. The molecule has 0 unspecified atom stereocenters. The van der Waals surface area contributed by atoms with Crippen LogP contribution >= 0.6 is 23.2 Å². The van der Waals surface area contributed by atoms with Crippen LogP contribution in [0.15, 0.2) is 18.2 Å². The topological polar surface area (TPSA) is 40.6 Å². The lowest BCUT2D eigenvalue weighted by Gasteiger charge is -2.33. The second-order valence-corrected chi connectivity index (χ2v) is 7.07. The first-order chi connectivity index (χ1) is 11.1. The molecular formula is C17H20Cl2N2O2. The highest BCUT2D eigenvalue weighted by Gasteiger charge is 2.31. The van der Waals surface area contributed by atoms with Gasteiger partial charge in [-0.05, 0) is 43.9 Å². The first kappa shape index (κ1) is 16.6. The summed E-state index contributed by atoms with van der Waals surface area (Å²) in [7, 11) is 0. The van der Waals surface area contributed by atoms with E-state index in [2.05, 4.69) is 0 Å². The number of likely N-dealkylation sites (tertiary alicyclic amines) is 2. The Bertz CT molecular complexity index is 607. The van der Waals surface area contributed by atoms with Gasteiger partial charge in [0, 0.05) is 37.1 Å². The molecule has 0 atom stereocenters. The molecule has 2 amide bonds. The zero-order chi connectivity index (χ0) is 16.4. The van der Waals surface area contributed by atoms with Crippen LogP contribution in [0.1, 0.15) is 36.0 Å². The number of halogens is 2. The van der Waals surface area contributed by atoms with E-state index in [0.717, 1.165) is 38.8 Å². The monoisotopic (exact) mass is 354 g/mol. The molecule has 0 bridgehead atoms. The van der Waals surface area contributed by atoms with Gasteiger partial charge >= 0.3 is 0 Å². The summed E-state index contributed by atoms with van der Waals surface area (Å²) in [5.74, 6) is 0.232. The van der Waals surface area contributed by atoms with Gasteiger partial charge in [-0.3, -0.25) is 9.59 Å². The van der Waals surface area contributed by atoms with Gasteiger partial charge in [-0.1, -0.05) is 23.2 Å². The summed E-state index contributed by atoms with van der Waals surface area (Å²) in [5, 5.41) is 0.888. The largest absolute Gasteiger partial charge is 0.342 e. The molecule has 1 aromatic rings. The standard InChI is InChI=1S/C17H20Cl2N2O2/c18-13-3-4-14(15(19)11-13)17(23)21-9-5-12(6-10-21)16(22)20-7-1-2-8-20/h3-4,11-12H,1-2,5-10H2. The minimum absolute atomic E-state index is 0.0536. The SMILES string of the molecule is O=C(c1ccc(Cl)cc1Cl)N1CCC(C(=O)N2CCCC2)CC1. The minimum atomic E-state index is -0.0845. The summed E-state index contributed by atoms with van der Waals surface area (Å²) >= 11 is 12.0. The van der Waals surface area contributed by atoms with Crippen LogP contribution in [0.3, 0.4) is 0 Å². The summed E-state index contributed by atoms with van der Waals surface area (Å²) in [5.41, 5.74) is 0.473. The normalized spacial score (nSPS) is 19.2. The minimum Gasteiger partial charge on any atom is -0.342 e. The molecule has 0 aromatic heterocycles. The number of rotatable bonds is 2. The van der Waals surface area contributed by atoms with E-state index in [1.165, 1.54) is 0 Å². The fourth-order valence-electron chi connectivity index (χ4n) is 3.36. The van der Waals surface area contributed by atoms with Gasteiger partial charge in [0.25, 0.3) is 5.91 Å². The first-order valence-corrected chi connectivity index (χ1v) is 8.85. The Morgan fingerprint density at radius 1 is 0.957 bits per heavy atom. The van der Waals surface area contributed by atoms with Crippen molar-refractivity contribution >= 4 is 35.0 Å². The van der Waals surface area contributed by atoms with Gasteiger partial charge in [-0.25, -0.2) is 0 Å². The molecule has 2 aliphatic rings. The quantitative estimate of drug-likeness (QED) is 0.815. The lowest BCUT2D eigenvalue weighted by atomic mass is 9.95. The van der Waals surface area contributed by atoms with Gasteiger partial charge in [0.05, 0.1) is 10.6 Å². The lowest BCUT2D eigenvalue weighted by Crippen LogP contribution is -2.43. The molecule has 6 heteroatoms. The van der Waals surface area contributed by atoms with Crippen LogP contribution < -0.4 is 0 Å². The molecule has 0 radical (unpaired) electrons. The van der Waals surface area contributed by atoms with Gasteiger partial charge in [-0.2, -0.15) is 0 Å². The fraction of sp³-hybridized carbons (Fsp3) is 0.529. The van der Waals surface area contributed by atoms with Crippen molar-refractivity contribution < 1.29 is 9.59 Å². The molecule has 2 fully saturated rings. The molecule has 4 nitrogen and oxygen atoms in total. The molecule has 0 N–H and O–H groups in total. The van der Waals surface area contributed by atoms with Gasteiger partial charge in [0.15, 0.2) is 0 Å². The van der Waals surface area contributed by atoms with Crippen LogP contribution in [0, 0.1) is 5.92 Å². The van der Waals surface area contributed by atoms with Crippen molar-refractivity contribution in [3.63, 3.8) is 0 Å². The molecule has 0 saturated carbocycles. The summed E-state index contributed by atoms with van der Waals surface area (Å²) < 4.78 is 0. The van der Waals surface area contributed by atoms with E-state index in [0.29, 0.717) is 28.7 Å². The second kappa shape index (κ2) is 7.10. The molecule has 124 valence electrons. The van der Waals surface area contributed by atoms with E-state index in [-0.39, 0.29) is 17.7 Å². The van der Waals surface area contributed by atoms with Crippen LogP contribution in [0.5, 0.6) is 0 Å². The zero-order valence-electron chi connectivity index (χ0n) is 12.9. The maximum atomic E-state index is 12.6. The molecular weight excluding hydrogens is 335 g/mol.